The Bertz CT molecular complexity index is 593. The first-order valence-corrected chi connectivity index (χ1v) is 8.65. The standard InChI is InChI=1S/C15H18BrN3S/c1-10-4-5-11(16)9-13(10)15-19-18-14(20-15)3-2-8-17-12-6-7-12/h4-5,9,12,17H,2-3,6-8H2,1H3. The van der Waals surface area contributed by atoms with Gasteiger partial charge in [0.15, 0.2) is 0 Å². The van der Waals surface area contributed by atoms with Gasteiger partial charge in [0.2, 0.25) is 0 Å². The van der Waals surface area contributed by atoms with Crippen molar-refractivity contribution in [2.24, 2.45) is 0 Å². The number of benzene rings is 1. The lowest BCUT2D eigenvalue weighted by molar-refractivity contribution is 0.643. The van der Waals surface area contributed by atoms with Gasteiger partial charge in [-0.15, -0.1) is 10.2 Å². The highest BCUT2D eigenvalue weighted by Gasteiger charge is 2.19. The first-order chi connectivity index (χ1) is 9.72. The third-order valence-electron chi connectivity index (χ3n) is 3.47. The van der Waals surface area contributed by atoms with Crippen LogP contribution >= 0.6 is 27.3 Å². The van der Waals surface area contributed by atoms with Crippen molar-refractivity contribution in [3.63, 3.8) is 0 Å². The molecule has 0 amide bonds. The van der Waals surface area contributed by atoms with E-state index in [1.54, 1.807) is 11.3 Å². The first-order valence-electron chi connectivity index (χ1n) is 7.04. The van der Waals surface area contributed by atoms with E-state index in [2.05, 4.69) is 56.6 Å². The minimum Gasteiger partial charge on any atom is -0.314 e. The Hall–Kier alpha value is -0.780. The third kappa shape index (κ3) is 3.65. The Balaban J connectivity index is 1.61. The fourth-order valence-electron chi connectivity index (χ4n) is 2.12. The van der Waals surface area contributed by atoms with Crippen LogP contribution in [0.15, 0.2) is 22.7 Å². The maximum Gasteiger partial charge on any atom is 0.148 e. The monoisotopic (exact) mass is 351 g/mol. The van der Waals surface area contributed by atoms with E-state index in [1.165, 1.54) is 24.0 Å². The van der Waals surface area contributed by atoms with Gasteiger partial charge >= 0.3 is 0 Å². The van der Waals surface area contributed by atoms with Gasteiger partial charge in [0.05, 0.1) is 0 Å². The molecule has 1 aromatic carbocycles. The molecule has 1 heterocycles. The second-order valence-corrected chi connectivity index (χ2v) is 7.27. The van der Waals surface area contributed by atoms with Crippen LogP contribution in [0.1, 0.15) is 29.8 Å². The molecule has 106 valence electrons. The van der Waals surface area contributed by atoms with E-state index < -0.39 is 0 Å². The van der Waals surface area contributed by atoms with E-state index in [1.807, 2.05) is 0 Å². The van der Waals surface area contributed by atoms with Gasteiger partial charge in [-0.1, -0.05) is 33.3 Å². The average Bonchev–Trinajstić information content (AvgIpc) is 3.15. The number of aryl methyl sites for hydroxylation is 2. The fraction of sp³-hybridized carbons (Fsp3) is 0.467. The van der Waals surface area contributed by atoms with Crippen LogP contribution in [0.2, 0.25) is 0 Å². The molecule has 3 nitrogen and oxygen atoms in total. The smallest absolute Gasteiger partial charge is 0.148 e. The van der Waals surface area contributed by atoms with Crippen molar-refractivity contribution in [1.82, 2.24) is 15.5 Å². The van der Waals surface area contributed by atoms with Crippen LogP contribution < -0.4 is 5.32 Å². The van der Waals surface area contributed by atoms with Gasteiger partial charge in [-0.25, -0.2) is 0 Å². The summed E-state index contributed by atoms with van der Waals surface area (Å²) in [5, 5.41) is 14.4. The fourth-order valence-corrected chi connectivity index (χ4v) is 3.45. The van der Waals surface area contributed by atoms with Gasteiger partial charge < -0.3 is 5.32 Å². The Morgan fingerprint density at radius 1 is 1.35 bits per heavy atom. The number of nitrogens with zero attached hydrogens (tertiary/aromatic N) is 2. The zero-order chi connectivity index (χ0) is 13.9. The lowest BCUT2D eigenvalue weighted by Gasteiger charge is -2.01. The second kappa shape index (κ2) is 6.33. The second-order valence-electron chi connectivity index (χ2n) is 5.29. The summed E-state index contributed by atoms with van der Waals surface area (Å²) in [6, 6.07) is 7.09. The molecular weight excluding hydrogens is 334 g/mol. The summed E-state index contributed by atoms with van der Waals surface area (Å²) in [4.78, 5) is 0. The van der Waals surface area contributed by atoms with Crippen molar-refractivity contribution in [3.8, 4) is 10.6 Å². The lowest BCUT2D eigenvalue weighted by atomic mass is 10.1. The van der Waals surface area contributed by atoms with Crippen LogP contribution in [0, 0.1) is 6.92 Å². The molecule has 1 fully saturated rings. The van der Waals surface area contributed by atoms with Crippen molar-refractivity contribution in [1.29, 1.82) is 0 Å². The summed E-state index contributed by atoms with van der Waals surface area (Å²) in [5.41, 5.74) is 2.42. The topological polar surface area (TPSA) is 37.8 Å². The molecule has 20 heavy (non-hydrogen) atoms. The van der Waals surface area contributed by atoms with Crippen molar-refractivity contribution < 1.29 is 0 Å². The van der Waals surface area contributed by atoms with Crippen molar-refractivity contribution >= 4 is 27.3 Å². The maximum atomic E-state index is 4.34. The van der Waals surface area contributed by atoms with Crippen molar-refractivity contribution in [2.75, 3.05) is 6.54 Å². The number of nitrogens with one attached hydrogen (secondary N) is 1. The van der Waals surface area contributed by atoms with Crippen molar-refractivity contribution in [2.45, 2.75) is 38.6 Å². The summed E-state index contributed by atoms with van der Waals surface area (Å²) in [6.45, 7) is 3.21. The Morgan fingerprint density at radius 2 is 2.20 bits per heavy atom. The minimum absolute atomic E-state index is 0.796. The molecule has 2 aromatic rings. The number of rotatable bonds is 6. The summed E-state index contributed by atoms with van der Waals surface area (Å²) in [5.74, 6) is 0. The zero-order valence-electron chi connectivity index (χ0n) is 11.5. The van der Waals surface area contributed by atoms with Gasteiger partial charge in [-0.3, -0.25) is 0 Å². The highest BCUT2D eigenvalue weighted by Crippen LogP contribution is 2.29. The van der Waals surface area contributed by atoms with E-state index in [0.717, 1.165) is 39.9 Å². The first kappa shape index (κ1) is 14.2. The highest BCUT2D eigenvalue weighted by molar-refractivity contribution is 9.10. The molecule has 0 bridgehead atoms. The van der Waals surface area contributed by atoms with E-state index >= 15 is 0 Å². The summed E-state index contributed by atoms with van der Waals surface area (Å²) < 4.78 is 1.09. The molecular formula is C15H18BrN3S. The normalized spacial score (nSPS) is 14.7. The van der Waals surface area contributed by atoms with Crippen LogP contribution in [-0.2, 0) is 6.42 Å². The predicted octanol–water partition coefficient (Wildman–Crippen LogP) is 3.96. The van der Waals surface area contributed by atoms with Crippen molar-refractivity contribution in [3.05, 3.63) is 33.2 Å². The molecule has 1 aromatic heterocycles. The lowest BCUT2D eigenvalue weighted by Crippen LogP contribution is -2.17. The molecule has 0 spiro atoms. The number of aromatic nitrogens is 2. The number of hydrogen-bond acceptors (Lipinski definition) is 4. The van der Waals surface area contributed by atoms with Gasteiger partial charge in [0.1, 0.15) is 10.0 Å². The van der Waals surface area contributed by atoms with Crippen LogP contribution in [0.25, 0.3) is 10.6 Å². The van der Waals surface area contributed by atoms with E-state index in [0.29, 0.717) is 0 Å². The molecule has 0 unspecified atom stereocenters. The zero-order valence-corrected chi connectivity index (χ0v) is 13.9. The molecule has 0 saturated heterocycles. The largest absolute Gasteiger partial charge is 0.314 e. The Morgan fingerprint density at radius 3 is 3.00 bits per heavy atom. The van der Waals surface area contributed by atoms with Gasteiger partial charge in [0, 0.05) is 22.5 Å². The van der Waals surface area contributed by atoms with Gasteiger partial charge in [0.25, 0.3) is 0 Å². The minimum atomic E-state index is 0.796. The van der Waals surface area contributed by atoms with Gasteiger partial charge in [-0.2, -0.15) is 0 Å². The van der Waals surface area contributed by atoms with E-state index in [-0.39, 0.29) is 0 Å². The van der Waals surface area contributed by atoms with E-state index in [9.17, 15) is 0 Å². The highest BCUT2D eigenvalue weighted by atomic mass is 79.9. The Labute approximate surface area is 132 Å². The van der Waals surface area contributed by atoms with Crippen LogP contribution in [-0.4, -0.2) is 22.8 Å². The molecule has 1 aliphatic carbocycles. The molecule has 1 N–H and O–H groups in total. The summed E-state index contributed by atoms with van der Waals surface area (Å²) in [7, 11) is 0. The molecule has 0 radical (unpaired) electrons. The molecule has 5 heteroatoms. The summed E-state index contributed by atoms with van der Waals surface area (Å²) >= 11 is 5.23. The molecule has 0 atom stereocenters. The van der Waals surface area contributed by atoms with E-state index in [4.69, 9.17) is 0 Å². The number of hydrogen-bond donors (Lipinski definition) is 1. The van der Waals surface area contributed by atoms with Crippen LogP contribution in [0.5, 0.6) is 0 Å². The predicted molar refractivity (Wildman–Crippen MR) is 87.1 cm³/mol. The average molecular weight is 352 g/mol. The SMILES string of the molecule is Cc1ccc(Br)cc1-c1nnc(CCCNC2CC2)s1. The molecule has 0 aliphatic heterocycles. The van der Waals surface area contributed by atoms with Crippen LogP contribution in [0.3, 0.4) is 0 Å². The quantitative estimate of drug-likeness (QED) is 0.800. The molecule has 3 rings (SSSR count). The summed E-state index contributed by atoms with van der Waals surface area (Å²) in [6.07, 6.45) is 4.86. The van der Waals surface area contributed by atoms with Gasteiger partial charge in [-0.05, 0) is 50.4 Å². The maximum absolute atomic E-state index is 4.34. The molecule has 1 saturated carbocycles. The third-order valence-corrected chi connectivity index (χ3v) is 4.98. The molecule has 1 aliphatic rings. The Kier molecular flexibility index (Phi) is 4.48. The van der Waals surface area contributed by atoms with Crippen LogP contribution in [0.4, 0.5) is 0 Å². The number of halogens is 1.